The molecule has 2 aromatic carbocycles. The summed E-state index contributed by atoms with van der Waals surface area (Å²) in [7, 11) is 1.45. The summed E-state index contributed by atoms with van der Waals surface area (Å²) >= 11 is 0. The predicted molar refractivity (Wildman–Crippen MR) is 112 cm³/mol. The first kappa shape index (κ1) is 22.0. The standard InChI is InChI=1S/C23H27NO5/c1-23(2,3)29-22(27)18(14-16-8-6-5-7-9-16)24-21(26)13-11-17-10-12-19(25)20(15-17)28-4/h5-13,15,18,25H,14H2,1-4H3,(H,24,26)/b13-11+. The molecule has 0 radical (unpaired) electrons. The molecule has 0 bridgehead atoms. The third-order valence-electron chi connectivity index (χ3n) is 3.92. The molecule has 1 atom stereocenters. The maximum absolute atomic E-state index is 12.6. The molecule has 0 aliphatic carbocycles. The van der Waals surface area contributed by atoms with Gasteiger partial charge in [0.05, 0.1) is 7.11 Å². The molecule has 0 heterocycles. The first-order chi connectivity index (χ1) is 13.7. The Morgan fingerprint density at radius 2 is 1.83 bits per heavy atom. The number of ether oxygens (including phenoxy) is 2. The van der Waals surface area contributed by atoms with Crippen molar-refractivity contribution in [2.24, 2.45) is 0 Å². The molecule has 0 saturated carbocycles. The topological polar surface area (TPSA) is 84.9 Å². The van der Waals surface area contributed by atoms with Crippen molar-refractivity contribution in [3.8, 4) is 11.5 Å². The van der Waals surface area contributed by atoms with E-state index in [4.69, 9.17) is 9.47 Å². The average Bonchev–Trinajstić information content (AvgIpc) is 2.66. The SMILES string of the molecule is COc1cc(/C=C/C(=O)NC(Cc2ccccc2)C(=O)OC(C)(C)C)ccc1O. The van der Waals surface area contributed by atoms with Gasteiger partial charge in [-0.25, -0.2) is 4.79 Å². The normalized spacial score (nSPS) is 12.4. The number of nitrogens with one attached hydrogen (secondary N) is 1. The molecule has 0 aliphatic rings. The molecular formula is C23H27NO5. The van der Waals surface area contributed by atoms with Crippen LogP contribution in [0.25, 0.3) is 6.08 Å². The summed E-state index contributed by atoms with van der Waals surface area (Å²) in [5.74, 6) is -0.594. The molecule has 1 unspecified atom stereocenters. The smallest absolute Gasteiger partial charge is 0.329 e. The summed E-state index contributed by atoms with van der Waals surface area (Å²) in [6.07, 6.45) is 3.22. The van der Waals surface area contributed by atoms with E-state index >= 15 is 0 Å². The Hall–Kier alpha value is -3.28. The van der Waals surface area contributed by atoms with Crippen LogP contribution in [-0.4, -0.2) is 35.7 Å². The van der Waals surface area contributed by atoms with Crippen molar-refractivity contribution in [1.82, 2.24) is 5.32 Å². The first-order valence-corrected chi connectivity index (χ1v) is 9.30. The highest BCUT2D eigenvalue weighted by Gasteiger charge is 2.26. The number of aromatic hydroxyl groups is 1. The number of esters is 1. The van der Waals surface area contributed by atoms with Gasteiger partial charge in [-0.3, -0.25) is 4.79 Å². The Balaban J connectivity index is 2.12. The van der Waals surface area contributed by atoms with Gasteiger partial charge in [-0.1, -0.05) is 36.4 Å². The van der Waals surface area contributed by atoms with E-state index in [0.29, 0.717) is 17.7 Å². The summed E-state index contributed by atoms with van der Waals surface area (Å²) in [6, 6.07) is 13.3. The minimum absolute atomic E-state index is 0.0157. The lowest BCUT2D eigenvalue weighted by Crippen LogP contribution is -2.45. The lowest BCUT2D eigenvalue weighted by atomic mass is 10.1. The van der Waals surface area contributed by atoms with E-state index in [2.05, 4.69) is 5.32 Å². The fraction of sp³-hybridized carbons (Fsp3) is 0.304. The van der Waals surface area contributed by atoms with Gasteiger partial charge in [0.2, 0.25) is 5.91 Å². The lowest BCUT2D eigenvalue weighted by molar-refractivity contribution is -0.158. The molecule has 29 heavy (non-hydrogen) atoms. The van der Waals surface area contributed by atoms with Crippen LogP contribution in [0.3, 0.4) is 0 Å². The minimum atomic E-state index is -0.817. The van der Waals surface area contributed by atoms with Gasteiger partial charge in [0.25, 0.3) is 0 Å². The molecule has 0 spiro atoms. The number of carbonyl (C=O) groups excluding carboxylic acids is 2. The molecule has 0 aliphatic heterocycles. The maximum Gasteiger partial charge on any atom is 0.329 e. The second-order valence-corrected chi connectivity index (χ2v) is 7.55. The van der Waals surface area contributed by atoms with Crippen molar-refractivity contribution in [2.75, 3.05) is 7.11 Å². The third-order valence-corrected chi connectivity index (χ3v) is 3.92. The summed E-state index contributed by atoms with van der Waals surface area (Å²) in [5, 5.41) is 12.4. The highest BCUT2D eigenvalue weighted by molar-refractivity contribution is 5.94. The van der Waals surface area contributed by atoms with Crippen molar-refractivity contribution < 1.29 is 24.2 Å². The molecule has 6 heteroatoms. The Bertz CT molecular complexity index is 869. The molecule has 0 aromatic heterocycles. The van der Waals surface area contributed by atoms with Gasteiger partial charge >= 0.3 is 5.97 Å². The van der Waals surface area contributed by atoms with E-state index in [1.54, 1.807) is 39.0 Å². The van der Waals surface area contributed by atoms with Gasteiger partial charge in [0.1, 0.15) is 11.6 Å². The molecule has 6 nitrogen and oxygen atoms in total. The number of carbonyl (C=O) groups is 2. The molecule has 154 valence electrons. The van der Waals surface area contributed by atoms with Crippen LogP contribution in [0, 0.1) is 0 Å². The van der Waals surface area contributed by atoms with Crippen LogP contribution in [0.15, 0.2) is 54.6 Å². The molecule has 0 saturated heterocycles. The summed E-state index contributed by atoms with van der Waals surface area (Å²) < 4.78 is 10.5. The van der Waals surface area contributed by atoms with Gasteiger partial charge in [-0.15, -0.1) is 0 Å². The molecule has 2 aromatic rings. The fourth-order valence-electron chi connectivity index (χ4n) is 2.61. The van der Waals surface area contributed by atoms with Crippen LogP contribution < -0.4 is 10.1 Å². The zero-order valence-corrected chi connectivity index (χ0v) is 17.1. The number of amides is 1. The predicted octanol–water partition coefficient (Wildman–Crippen LogP) is 3.48. The van der Waals surface area contributed by atoms with Gasteiger partial charge in [-0.2, -0.15) is 0 Å². The summed E-state index contributed by atoms with van der Waals surface area (Å²) in [5.41, 5.74) is 0.928. The molecule has 1 amide bonds. The number of hydrogen-bond donors (Lipinski definition) is 2. The van der Waals surface area contributed by atoms with Crippen LogP contribution in [0.2, 0.25) is 0 Å². The average molecular weight is 397 g/mol. The monoisotopic (exact) mass is 397 g/mol. The maximum atomic E-state index is 12.6. The molecule has 2 N–H and O–H groups in total. The van der Waals surface area contributed by atoms with Crippen LogP contribution in [0.4, 0.5) is 0 Å². The second-order valence-electron chi connectivity index (χ2n) is 7.55. The van der Waals surface area contributed by atoms with Crippen molar-refractivity contribution in [3.05, 3.63) is 65.7 Å². The first-order valence-electron chi connectivity index (χ1n) is 9.30. The number of hydrogen-bond acceptors (Lipinski definition) is 5. The highest BCUT2D eigenvalue weighted by Crippen LogP contribution is 2.26. The highest BCUT2D eigenvalue weighted by atomic mass is 16.6. The Morgan fingerprint density at radius 3 is 2.45 bits per heavy atom. The number of phenols is 1. The van der Waals surface area contributed by atoms with Crippen molar-refractivity contribution in [1.29, 1.82) is 0 Å². The van der Waals surface area contributed by atoms with Crippen LogP contribution >= 0.6 is 0 Å². The Labute approximate surface area is 171 Å². The number of benzene rings is 2. The van der Waals surface area contributed by atoms with Crippen molar-refractivity contribution in [2.45, 2.75) is 38.8 Å². The largest absolute Gasteiger partial charge is 0.504 e. The lowest BCUT2D eigenvalue weighted by Gasteiger charge is -2.24. The third kappa shape index (κ3) is 7.33. The Kier molecular flexibility index (Phi) is 7.42. The van der Waals surface area contributed by atoms with Crippen molar-refractivity contribution >= 4 is 18.0 Å². The molecular weight excluding hydrogens is 370 g/mol. The van der Waals surface area contributed by atoms with Gasteiger partial charge in [0.15, 0.2) is 11.5 Å². The van der Waals surface area contributed by atoms with Crippen LogP contribution in [-0.2, 0) is 20.7 Å². The van der Waals surface area contributed by atoms with E-state index in [1.165, 1.54) is 19.3 Å². The van der Waals surface area contributed by atoms with Gasteiger partial charge < -0.3 is 19.9 Å². The number of rotatable bonds is 7. The van der Waals surface area contributed by atoms with Gasteiger partial charge in [0, 0.05) is 12.5 Å². The van der Waals surface area contributed by atoms with Crippen molar-refractivity contribution in [3.63, 3.8) is 0 Å². The summed E-state index contributed by atoms with van der Waals surface area (Å²) in [4.78, 5) is 25.0. The minimum Gasteiger partial charge on any atom is -0.504 e. The van der Waals surface area contributed by atoms with E-state index in [1.807, 2.05) is 30.3 Å². The van der Waals surface area contributed by atoms with E-state index in [9.17, 15) is 14.7 Å². The van der Waals surface area contributed by atoms with E-state index in [-0.39, 0.29) is 5.75 Å². The second kappa shape index (κ2) is 9.78. The van der Waals surface area contributed by atoms with Crippen LogP contribution in [0.5, 0.6) is 11.5 Å². The molecule has 0 fully saturated rings. The van der Waals surface area contributed by atoms with Gasteiger partial charge in [-0.05, 0) is 50.1 Å². The van der Waals surface area contributed by atoms with Crippen LogP contribution in [0.1, 0.15) is 31.9 Å². The fourth-order valence-corrected chi connectivity index (χ4v) is 2.61. The van der Waals surface area contributed by atoms with E-state index < -0.39 is 23.5 Å². The quantitative estimate of drug-likeness (QED) is 0.552. The summed E-state index contributed by atoms with van der Waals surface area (Å²) in [6.45, 7) is 5.35. The zero-order chi connectivity index (χ0) is 21.4. The number of methoxy groups -OCH3 is 1. The zero-order valence-electron chi connectivity index (χ0n) is 17.1. The Morgan fingerprint density at radius 1 is 1.14 bits per heavy atom. The molecule has 2 rings (SSSR count). The van der Waals surface area contributed by atoms with E-state index in [0.717, 1.165) is 5.56 Å². The number of phenolic OH excluding ortho intramolecular Hbond substituents is 1.